The molecule has 0 aromatic heterocycles. The average Bonchev–Trinajstić information content (AvgIpc) is 3.05. The molecule has 1 aromatic carbocycles. The van der Waals surface area contributed by atoms with E-state index >= 15 is 0 Å². The molecule has 2 N–H and O–H groups in total. The van der Waals surface area contributed by atoms with Crippen molar-refractivity contribution < 1.29 is 9.53 Å². The number of rotatable bonds is 4. The molecule has 1 unspecified atom stereocenters. The van der Waals surface area contributed by atoms with Crippen molar-refractivity contribution in [1.82, 2.24) is 9.91 Å². The molecule has 0 aliphatic carbocycles. The number of carbonyl (C=O) groups excluding carboxylic acids is 1. The van der Waals surface area contributed by atoms with Crippen molar-refractivity contribution in [2.45, 2.75) is 24.8 Å². The zero-order chi connectivity index (χ0) is 14.0. The smallest absolute Gasteiger partial charge is 0.424 e. The lowest BCUT2D eigenvalue weighted by atomic mass is 9.91. The Morgan fingerprint density at radius 1 is 1.20 bits per heavy atom. The number of nitrogens with two attached hydrogens (primary N) is 1. The Morgan fingerprint density at radius 3 is 2.50 bits per heavy atom. The Balaban J connectivity index is 1.81. The monoisotopic (exact) mass is 275 g/mol. The highest BCUT2D eigenvalue weighted by molar-refractivity contribution is 5.70. The third kappa shape index (κ3) is 2.51. The van der Waals surface area contributed by atoms with Crippen LogP contribution in [0.2, 0.25) is 0 Å². The summed E-state index contributed by atoms with van der Waals surface area (Å²) in [6.45, 7) is 3.31. The largest absolute Gasteiger partial charge is 0.446 e. The van der Waals surface area contributed by atoms with Gasteiger partial charge in [0.2, 0.25) is 0 Å². The summed E-state index contributed by atoms with van der Waals surface area (Å²) >= 11 is 0. The lowest BCUT2D eigenvalue weighted by molar-refractivity contribution is 0.115. The third-order valence-corrected chi connectivity index (χ3v) is 4.26. The van der Waals surface area contributed by atoms with Gasteiger partial charge in [-0.05, 0) is 31.5 Å². The zero-order valence-electron chi connectivity index (χ0n) is 11.6. The van der Waals surface area contributed by atoms with E-state index in [0.717, 1.165) is 26.1 Å². The second kappa shape index (κ2) is 5.42. The van der Waals surface area contributed by atoms with Crippen molar-refractivity contribution in [2.24, 2.45) is 5.84 Å². The Kier molecular flexibility index (Phi) is 3.63. The molecule has 2 aliphatic rings. The van der Waals surface area contributed by atoms with Gasteiger partial charge in [0.25, 0.3) is 0 Å². The number of hydrogen-bond acceptors (Lipinski definition) is 4. The first-order chi connectivity index (χ1) is 9.70. The lowest BCUT2D eigenvalue weighted by Crippen LogP contribution is -2.58. The number of amides is 1. The number of hydrazine groups is 1. The van der Waals surface area contributed by atoms with Gasteiger partial charge >= 0.3 is 6.09 Å². The van der Waals surface area contributed by atoms with Crippen LogP contribution in [-0.4, -0.2) is 47.8 Å². The predicted octanol–water partition coefficient (Wildman–Crippen LogP) is 1.39. The molecule has 2 heterocycles. The highest BCUT2D eigenvalue weighted by Gasteiger charge is 2.47. The standard InChI is InChI=1S/C15H21N3O2/c16-18-14(19)20-12-15(18,11-17-8-4-5-9-17)10-13-6-2-1-3-7-13/h1-3,6-7H,4-5,8-12,16H2. The summed E-state index contributed by atoms with van der Waals surface area (Å²) in [7, 11) is 0. The highest BCUT2D eigenvalue weighted by atomic mass is 16.6. The lowest BCUT2D eigenvalue weighted by Gasteiger charge is -2.35. The Labute approximate surface area is 119 Å². The van der Waals surface area contributed by atoms with Crippen LogP contribution in [0, 0.1) is 0 Å². The van der Waals surface area contributed by atoms with Gasteiger partial charge in [-0.25, -0.2) is 15.6 Å². The van der Waals surface area contributed by atoms with Gasteiger partial charge in [0.05, 0.1) is 0 Å². The van der Waals surface area contributed by atoms with Crippen molar-refractivity contribution in [3.63, 3.8) is 0 Å². The van der Waals surface area contributed by atoms with Crippen LogP contribution in [0.5, 0.6) is 0 Å². The Morgan fingerprint density at radius 2 is 1.90 bits per heavy atom. The molecule has 3 rings (SSSR count). The minimum Gasteiger partial charge on any atom is -0.446 e. The molecule has 0 saturated carbocycles. The normalized spacial score (nSPS) is 27.1. The molecule has 0 radical (unpaired) electrons. The summed E-state index contributed by atoms with van der Waals surface area (Å²) in [5.41, 5.74) is 0.739. The van der Waals surface area contributed by atoms with E-state index in [-0.39, 0.29) is 0 Å². The van der Waals surface area contributed by atoms with E-state index < -0.39 is 11.6 Å². The van der Waals surface area contributed by atoms with E-state index in [1.165, 1.54) is 23.4 Å². The fourth-order valence-electron chi connectivity index (χ4n) is 3.18. The van der Waals surface area contributed by atoms with Crippen LogP contribution in [0.3, 0.4) is 0 Å². The van der Waals surface area contributed by atoms with E-state index in [4.69, 9.17) is 10.6 Å². The fourth-order valence-corrected chi connectivity index (χ4v) is 3.18. The van der Waals surface area contributed by atoms with Crippen molar-refractivity contribution in [3.05, 3.63) is 35.9 Å². The van der Waals surface area contributed by atoms with Gasteiger partial charge in [-0.3, -0.25) is 0 Å². The molecular formula is C15H21N3O2. The number of benzene rings is 1. The molecule has 20 heavy (non-hydrogen) atoms. The summed E-state index contributed by atoms with van der Waals surface area (Å²) in [5.74, 6) is 6.02. The first kappa shape index (κ1) is 13.4. The van der Waals surface area contributed by atoms with E-state index in [1.54, 1.807) is 0 Å². The van der Waals surface area contributed by atoms with Crippen LogP contribution in [0.15, 0.2) is 30.3 Å². The highest BCUT2D eigenvalue weighted by Crippen LogP contribution is 2.28. The molecule has 0 bridgehead atoms. The van der Waals surface area contributed by atoms with Crippen molar-refractivity contribution in [1.29, 1.82) is 0 Å². The van der Waals surface area contributed by atoms with Gasteiger partial charge in [0, 0.05) is 13.0 Å². The number of likely N-dealkylation sites (tertiary alicyclic amines) is 1. The van der Waals surface area contributed by atoms with Crippen LogP contribution in [0.25, 0.3) is 0 Å². The van der Waals surface area contributed by atoms with Gasteiger partial charge in [0.1, 0.15) is 12.1 Å². The van der Waals surface area contributed by atoms with E-state index in [0.29, 0.717) is 6.61 Å². The minimum absolute atomic E-state index is 0.369. The van der Waals surface area contributed by atoms with Crippen LogP contribution in [0.1, 0.15) is 18.4 Å². The number of nitrogens with zero attached hydrogens (tertiary/aromatic N) is 2. The van der Waals surface area contributed by atoms with Gasteiger partial charge in [0.15, 0.2) is 0 Å². The Bertz CT molecular complexity index is 473. The second-order valence-corrected chi connectivity index (χ2v) is 5.79. The maximum atomic E-state index is 11.7. The van der Waals surface area contributed by atoms with Gasteiger partial charge in [-0.1, -0.05) is 30.3 Å². The zero-order valence-corrected chi connectivity index (χ0v) is 11.6. The van der Waals surface area contributed by atoms with E-state index in [2.05, 4.69) is 17.0 Å². The second-order valence-electron chi connectivity index (χ2n) is 5.79. The maximum Gasteiger partial charge on any atom is 0.424 e. The van der Waals surface area contributed by atoms with Gasteiger partial charge in [-0.15, -0.1) is 0 Å². The number of cyclic esters (lactones) is 1. The topological polar surface area (TPSA) is 58.8 Å². The number of carbonyl (C=O) groups is 1. The average molecular weight is 275 g/mol. The van der Waals surface area contributed by atoms with Crippen LogP contribution in [-0.2, 0) is 11.2 Å². The van der Waals surface area contributed by atoms with Gasteiger partial charge in [-0.2, -0.15) is 0 Å². The first-order valence-corrected chi connectivity index (χ1v) is 7.18. The molecule has 0 spiro atoms. The van der Waals surface area contributed by atoms with Crippen molar-refractivity contribution in [3.8, 4) is 0 Å². The van der Waals surface area contributed by atoms with Crippen LogP contribution >= 0.6 is 0 Å². The van der Waals surface area contributed by atoms with Crippen molar-refractivity contribution >= 4 is 6.09 Å². The van der Waals surface area contributed by atoms with E-state index in [1.807, 2.05) is 18.2 Å². The molecule has 2 fully saturated rings. The minimum atomic E-state index is -0.442. The molecule has 5 nitrogen and oxygen atoms in total. The third-order valence-electron chi connectivity index (χ3n) is 4.26. The van der Waals surface area contributed by atoms with Gasteiger partial charge < -0.3 is 9.64 Å². The van der Waals surface area contributed by atoms with Crippen LogP contribution < -0.4 is 5.84 Å². The molecule has 5 heteroatoms. The molecule has 108 valence electrons. The fraction of sp³-hybridized carbons (Fsp3) is 0.533. The summed E-state index contributed by atoms with van der Waals surface area (Å²) in [6, 6.07) is 10.2. The summed E-state index contributed by atoms with van der Waals surface area (Å²) in [6.07, 6.45) is 2.76. The summed E-state index contributed by atoms with van der Waals surface area (Å²) < 4.78 is 5.20. The molecule has 2 saturated heterocycles. The summed E-state index contributed by atoms with van der Waals surface area (Å²) in [4.78, 5) is 14.1. The first-order valence-electron chi connectivity index (χ1n) is 7.18. The number of hydrogen-bond donors (Lipinski definition) is 1. The van der Waals surface area contributed by atoms with Crippen LogP contribution in [0.4, 0.5) is 4.79 Å². The Hall–Kier alpha value is -1.59. The predicted molar refractivity (Wildman–Crippen MR) is 75.9 cm³/mol. The van der Waals surface area contributed by atoms with Crippen molar-refractivity contribution in [2.75, 3.05) is 26.2 Å². The molecule has 1 atom stereocenters. The molecule has 2 aliphatic heterocycles. The molecular weight excluding hydrogens is 254 g/mol. The quantitative estimate of drug-likeness (QED) is 0.666. The molecule has 1 amide bonds. The maximum absolute atomic E-state index is 11.7. The number of ether oxygens (including phenoxy) is 1. The molecule has 1 aromatic rings. The summed E-state index contributed by atoms with van der Waals surface area (Å²) in [5, 5.41) is 1.30. The SMILES string of the molecule is NN1C(=O)OCC1(Cc1ccccc1)CN1CCCC1. The van der Waals surface area contributed by atoms with E-state index in [9.17, 15) is 4.79 Å².